The first kappa shape index (κ1) is 21.6. The molecule has 2 aromatic heterocycles. The van der Waals surface area contributed by atoms with Gasteiger partial charge in [0.05, 0.1) is 11.5 Å². The Morgan fingerprint density at radius 2 is 2.03 bits per heavy atom. The molecule has 0 amide bonds. The van der Waals surface area contributed by atoms with E-state index >= 15 is 0 Å². The Bertz CT molecular complexity index is 1110. The highest BCUT2D eigenvalue weighted by Gasteiger charge is 2.17. The Morgan fingerprint density at radius 1 is 1.20 bits per heavy atom. The summed E-state index contributed by atoms with van der Waals surface area (Å²) >= 11 is 0. The fourth-order valence-electron chi connectivity index (χ4n) is 2.55. The van der Waals surface area contributed by atoms with Crippen molar-refractivity contribution >= 4 is 16.0 Å². The lowest BCUT2D eigenvalue weighted by atomic mass is 10.1. The predicted molar refractivity (Wildman–Crippen MR) is 108 cm³/mol. The second kappa shape index (κ2) is 9.59. The summed E-state index contributed by atoms with van der Waals surface area (Å²) in [4.78, 5) is 20.2. The smallest absolute Gasteiger partial charge is 0.321 e. The molecule has 0 fully saturated rings. The molecule has 158 valence electrons. The second-order valence-corrected chi connectivity index (χ2v) is 8.42. The van der Waals surface area contributed by atoms with Crippen LogP contribution in [0.15, 0.2) is 52.1 Å². The van der Waals surface area contributed by atoms with Crippen LogP contribution in [0, 0.1) is 13.8 Å². The van der Waals surface area contributed by atoms with E-state index in [0.29, 0.717) is 24.6 Å². The quantitative estimate of drug-likeness (QED) is 0.405. The van der Waals surface area contributed by atoms with Gasteiger partial charge in [-0.1, -0.05) is 11.2 Å². The number of nitrogens with one attached hydrogen (secondary N) is 1. The van der Waals surface area contributed by atoms with Crippen molar-refractivity contribution in [3.63, 3.8) is 0 Å². The van der Waals surface area contributed by atoms with Crippen molar-refractivity contribution in [3.05, 3.63) is 59.7 Å². The molecule has 0 aliphatic heterocycles. The third kappa shape index (κ3) is 5.71. The standard InChI is InChI=1S/C20H22N4O5S/c1-14-7-8-17(11-15(14)2)30(26,27)22-13-19(25)28-10-4-6-18-23-20(24-29-18)16-5-3-9-21-12-16/h3,5,7-9,11-12,22H,4,6,10,13H2,1-2H3. The summed E-state index contributed by atoms with van der Waals surface area (Å²) < 4.78 is 37.0. The Balaban J connectivity index is 1.41. The lowest BCUT2D eigenvalue weighted by molar-refractivity contribution is -0.142. The summed E-state index contributed by atoms with van der Waals surface area (Å²) in [5, 5.41) is 3.89. The number of hydrogen-bond acceptors (Lipinski definition) is 8. The summed E-state index contributed by atoms with van der Waals surface area (Å²) in [6, 6.07) is 8.38. The first-order valence-corrected chi connectivity index (χ1v) is 10.8. The zero-order valence-corrected chi connectivity index (χ0v) is 17.5. The van der Waals surface area contributed by atoms with E-state index in [2.05, 4.69) is 19.8 Å². The largest absolute Gasteiger partial charge is 0.465 e. The van der Waals surface area contributed by atoms with Crippen LogP contribution in [0.5, 0.6) is 0 Å². The number of nitrogens with zero attached hydrogens (tertiary/aromatic N) is 3. The van der Waals surface area contributed by atoms with Crippen molar-refractivity contribution < 1.29 is 22.5 Å². The van der Waals surface area contributed by atoms with E-state index in [0.717, 1.165) is 16.7 Å². The first-order chi connectivity index (χ1) is 14.3. The molecule has 0 unspecified atom stereocenters. The SMILES string of the molecule is Cc1ccc(S(=O)(=O)NCC(=O)OCCCc2nc(-c3cccnc3)no2)cc1C. The van der Waals surface area contributed by atoms with E-state index in [4.69, 9.17) is 9.26 Å². The van der Waals surface area contributed by atoms with Gasteiger partial charge in [0.15, 0.2) is 0 Å². The average Bonchev–Trinajstić information content (AvgIpc) is 3.21. The van der Waals surface area contributed by atoms with Crippen LogP contribution in [0.25, 0.3) is 11.4 Å². The molecule has 10 heteroatoms. The Morgan fingerprint density at radius 3 is 2.77 bits per heavy atom. The zero-order chi connectivity index (χ0) is 21.6. The number of pyridine rings is 1. The number of rotatable bonds is 9. The lowest BCUT2D eigenvalue weighted by Crippen LogP contribution is -2.31. The molecule has 0 spiro atoms. The van der Waals surface area contributed by atoms with Crippen molar-refractivity contribution in [2.75, 3.05) is 13.2 Å². The van der Waals surface area contributed by atoms with E-state index in [1.54, 1.807) is 30.6 Å². The summed E-state index contributed by atoms with van der Waals surface area (Å²) in [6.07, 6.45) is 4.18. The molecule has 3 rings (SSSR count). The molecule has 9 nitrogen and oxygen atoms in total. The molecule has 2 heterocycles. The number of ether oxygens (including phenoxy) is 1. The number of carbonyl (C=O) groups is 1. The van der Waals surface area contributed by atoms with Gasteiger partial charge in [-0.2, -0.15) is 9.71 Å². The van der Waals surface area contributed by atoms with Crippen LogP contribution in [-0.4, -0.2) is 42.7 Å². The molecule has 0 aliphatic carbocycles. The van der Waals surface area contributed by atoms with Gasteiger partial charge in [0.2, 0.25) is 21.7 Å². The van der Waals surface area contributed by atoms with E-state index < -0.39 is 22.5 Å². The van der Waals surface area contributed by atoms with Crippen molar-refractivity contribution in [2.45, 2.75) is 31.6 Å². The van der Waals surface area contributed by atoms with Gasteiger partial charge >= 0.3 is 5.97 Å². The highest BCUT2D eigenvalue weighted by molar-refractivity contribution is 7.89. The van der Waals surface area contributed by atoms with E-state index in [-0.39, 0.29) is 11.5 Å². The maximum atomic E-state index is 12.3. The second-order valence-electron chi connectivity index (χ2n) is 6.65. The van der Waals surface area contributed by atoms with E-state index in [9.17, 15) is 13.2 Å². The minimum Gasteiger partial charge on any atom is -0.465 e. The minimum absolute atomic E-state index is 0.106. The van der Waals surface area contributed by atoms with Crippen LogP contribution in [0.3, 0.4) is 0 Å². The van der Waals surface area contributed by atoms with Crippen LogP contribution < -0.4 is 4.72 Å². The Kier molecular flexibility index (Phi) is 6.91. The zero-order valence-electron chi connectivity index (χ0n) is 16.7. The molecule has 1 N–H and O–H groups in total. The third-order valence-electron chi connectivity index (χ3n) is 4.38. The fourth-order valence-corrected chi connectivity index (χ4v) is 3.60. The summed E-state index contributed by atoms with van der Waals surface area (Å²) in [5.41, 5.74) is 2.59. The summed E-state index contributed by atoms with van der Waals surface area (Å²) in [5.74, 6) is 0.195. The van der Waals surface area contributed by atoms with Crippen molar-refractivity contribution in [3.8, 4) is 11.4 Å². The number of hydrogen-bond donors (Lipinski definition) is 1. The molecule has 0 saturated carbocycles. The van der Waals surface area contributed by atoms with Gasteiger partial charge in [0, 0.05) is 24.4 Å². The van der Waals surface area contributed by atoms with Crippen LogP contribution >= 0.6 is 0 Å². The van der Waals surface area contributed by atoms with Gasteiger partial charge in [0.1, 0.15) is 6.54 Å². The first-order valence-electron chi connectivity index (χ1n) is 9.31. The lowest BCUT2D eigenvalue weighted by Gasteiger charge is -2.09. The Labute approximate surface area is 174 Å². The van der Waals surface area contributed by atoms with Crippen LogP contribution in [0.4, 0.5) is 0 Å². The third-order valence-corrected chi connectivity index (χ3v) is 5.78. The fraction of sp³-hybridized carbons (Fsp3) is 0.300. The van der Waals surface area contributed by atoms with Gasteiger partial charge < -0.3 is 9.26 Å². The number of sulfonamides is 1. The number of esters is 1. The molecule has 3 aromatic rings. The van der Waals surface area contributed by atoms with Crippen LogP contribution in [0.2, 0.25) is 0 Å². The van der Waals surface area contributed by atoms with Gasteiger partial charge in [-0.3, -0.25) is 9.78 Å². The number of aryl methyl sites for hydroxylation is 3. The monoisotopic (exact) mass is 430 g/mol. The maximum Gasteiger partial charge on any atom is 0.321 e. The number of carbonyl (C=O) groups excluding carboxylic acids is 1. The average molecular weight is 430 g/mol. The summed E-state index contributed by atoms with van der Waals surface area (Å²) in [6.45, 7) is 3.38. The normalized spacial score (nSPS) is 11.4. The molecule has 0 aliphatic rings. The van der Waals surface area contributed by atoms with Crippen molar-refractivity contribution in [1.82, 2.24) is 19.8 Å². The van der Waals surface area contributed by atoms with Crippen molar-refractivity contribution in [1.29, 1.82) is 0 Å². The van der Waals surface area contributed by atoms with E-state index in [1.165, 1.54) is 6.07 Å². The molecular formula is C20H22N4O5S. The molecule has 0 atom stereocenters. The molecule has 1 aromatic carbocycles. The predicted octanol–water partition coefficient (Wildman–Crippen LogP) is 2.20. The van der Waals surface area contributed by atoms with E-state index in [1.807, 2.05) is 19.9 Å². The van der Waals surface area contributed by atoms with Gasteiger partial charge in [-0.05, 0) is 55.7 Å². The maximum absolute atomic E-state index is 12.3. The highest BCUT2D eigenvalue weighted by Crippen LogP contribution is 2.15. The van der Waals surface area contributed by atoms with Crippen LogP contribution in [0.1, 0.15) is 23.4 Å². The Hall–Kier alpha value is -3.11. The molecule has 0 radical (unpaired) electrons. The van der Waals surface area contributed by atoms with Crippen LogP contribution in [-0.2, 0) is 26.0 Å². The number of benzene rings is 1. The minimum atomic E-state index is -3.78. The topological polar surface area (TPSA) is 124 Å². The van der Waals surface area contributed by atoms with Gasteiger partial charge in [-0.25, -0.2) is 8.42 Å². The molecular weight excluding hydrogens is 408 g/mol. The van der Waals surface area contributed by atoms with Crippen molar-refractivity contribution in [2.24, 2.45) is 0 Å². The van der Waals surface area contributed by atoms with Gasteiger partial charge in [0.25, 0.3) is 0 Å². The van der Waals surface area contributed by atoms with Gasteiger partial charge in [-0.15, -0.1) is 0 Å². The molecule has 0 bridgehead atoms. The molecule has 30 heavy (non-hydrogen) atoms. The molecule has 0 saturated heterocycles. The summed E-state index contributed by atoms with van der Waals surface area (Å²) in [7, 11) is -3.78. The highest BCUT2D eigenvalue weighted by atomic mass is 32.2. The number of aromatic nitrogens is 3.